The minimum absolute atomic E-state index is 0.282. The lowest BCUT2D eigenvalue weighted by Gasteiger charge is -2.12. The van der Waals surface area contributed by atoms with Gasteiger partial charge in [-0.1, -0.05) is 0 Å². The number of esters is 1. The molecule has 7 heteroatoms. The molecule has 1 unspecified atom stereocenters. The van der Waals surface area contributed by atoms with E-state index in [9.17, 15) is 13.2 Å². The Kier molecular flexibility index (Phi) is 4.28. The molecule has 0 aliphatic heterocycles. The lowest BCUT2D eigenvalue weighted by atomic mass is 10.2. The van der Waals surface area contributed by atoms with Crippen LogP contribution in [0.2, 0.25) is 0 Å². The second-order valence-corrected chi connectivity index (χ2v) is 5.50. The standard InChI is InChI=1S/C11H12N2O4S/c1-8(11(14)17-2)18(15,16)13-10-5-3-9(7-12)4-6-10/h3-6,8,13H,1-2H3. The van der Waals surface area contributed by atoms with E-state index in [-0.39, 0.29) is 5.69 Å². The van der Waals surface area contributed by atoms with Crippen molar-refractivity contribution in [3.8, 4) is 6.07 Å². The SMILES string of the molecule is COC(=O)C(C)S(=O)(=O)Nc1ccc(C#N)cc1. The minimum atomic E-state index is -3.85. The second-order valence-electron chi connectivity index (χ2n) is 3.50. The minimum Gasteiger partial charge on any atom is -0.468 e. The number of nitriles is 1. The maximum atomic E-state index is 11.8. The molecule has 96 valence electrons. The monoisotopic (exact) mass is 268 g/mol. The summed E-state index contributed by atoms with van der Waals surface area (Å²) in [6.45, 7) is 1.23. The predicted octanol–water partition coefficient (Wildman–Crippen LogP) is 0.861. The Morgan fingerprint density at radius 1 is 1.39 bits per heavy atom. The van der Waals surface area contributed by atoms with Crippen molar-refractivity contribution in [3.05, 3.63) is 29.8 Å². The van der Waals surface area contributed by atoms with Gasteiger partial charge < -0.3 is 4.74 Å². The summed E-state index contributed by atoms with van der Waals surface area (Å²) in [7, 11) is -2.73. The molecule has 0 spiro atoms. The van der Waals surface area contributed by atoms with Crippen molar-refractivity contribution in [2.45, 2.75) is 12.2 Å². The van der Waals surface area contributed by atoms with E-state index in [1.807, 2.05) is 6.07 Å². The number of carbonyl (C=O) groups is 1. The summed E-state index contributed by atoms with van der Waals surface area (Å²) in [6.07, 6.45) is 0. The molecule has 0 bridgehead atoms. The molecule has 1 atom stereocenters. The van der Waals surface area contributed by atoms with Crippen molar-refractivity contribution in [2.75, 3.05) is 11.8 Å². The smallest absolute Gasteiger partial charge is 0.325 e. The van der Waals surface area contributed by atoms with Gasteiger partial charge in [0.05, 0.1) is 18.7 Å². The van der Waals surface area contributed by atoms with Gasteiger partial charge >= 0.3 is 5.97 Å². The van der Waals surface area contributed by atoms with Gasteiger partial charge in [0.2, 0.25) is 10.0 Å². The fraction of sp³-hybridized carbons (Fsp3) is 0.273. The molecular formula is C11H12N2O4S. The van der Waals surface area contributed by atoms with Crippen LogP contribution in [0.5, 0.6) is 0 Å². The molecule has 0 amide bonds. The van der Waals surface area contributed by atoms with Gasteiger partial charge in [-0.2, -0.15) is 5.26 Å². The van der Waals surface area contributed by atoms with E-state index in [2.05, 4.69) is 9.46 Å². The number of benzene rings is 1. The third-order valence-corrected chi connectivity index (χ3v) is 3.92. The second kappa shape index (κ2) is 5.51. The first-order chi connectivity index (χ1) is 8.40. The molecular weight excluding hydrogens is 256 g/mol. The molecule has 0 saturated carbocycles. The van der Waals surface area contributed by atoms with Gasteiger partial charge in [0.25, 0.3) is 0 Å². The zero-order valence-corrected chi connectivity index (χ0v) is 10.7. The average molecular weight is 268 g/mol. The first kappa shape index (κ1) is 14.0. The molecule has 0 heterocycles. The van der Waals surface area contributed by atoms with Crippen molar-refractivity contribution in [1.82, 2.24) is 0 Å². The summed E-state index contributed by atoms with van der Waals surface area (Å²) in [5.74, 6) is -0.837. The Balaban J connectivity index is 2.89. The van der Waals surface area contributed by atoms with Crippen molar-refractivity contribution >= 4 is 21.7 Å². The zero-order chi connectivity index (χ0) is 13.8. The lowest BCUT2D eigenvalue weighted by molar-refractivity contribution is -0.139. The molecule has 0 aromatic heterocycles. The summed E-state index contributed by atoms with van der Waals surface area (Å²) in [4.78, 5) is 11.2. The first-order valence-corrected chi connectivity index (χ1v) is 6.55. The number of ether oxygens (including phenoxy) is 1. The van der Waals surface area contributed by atoms with Crippen molar-refractivity contribution in [2.24, 2.45) is 0 Å². The van der Waals surface area contributed by atoms with Gasteiger partial charge in [0, 0.05) is 5.69 Å². The lowest BCUT2D eigenvalue weighted by Crippen LogP contribution is -2.33. The van der Waals surface area contributed by atoms with E-state index in [1.54, 1.807) is 0 Å². The van der Waals surface area contributed by atoms with Crippen LogP contribution in [0.1, 0.15) is 12.5 Å². The molecule has 0 radical (unpaired) electrons. The highest BCUT2D eigenvalue weighted by atomic mass is 32.2. The van der Waals surface area contributed by atoms with Gasteiger partial charge in [0.1, 0.15) is 0 Å². The van der Waals surface area contributed by atoms with Gasteiger partial charge in [0.15, 0.2) is 5.25 Å². The van der Waals surface area contributed by atoms with E-state index >= 15 is 0 Å². The Morgan fingerprint density at radius 3 is 2.39 bits per heavy atom. The summed E-state index contributed by atoms with van der Waals surface area (Å²) in [5.41, 5.74) is 0.698. The van der Waals surface area contributed by atoms with E-state index in [0.29, 0.717) is 5.56 Å². The highest BCUT2D eigenvalue weighted by molar-refractivity contribution is 7.94. The number of carbonyl (C=O) groups excluding carboxylic acids is 1. The molecule has 0 fully saturated rings. The fourth-order valence-electron chi connectivity index (χ4n) is 1.16. The van der Waals surface area contributed by atoms with E-state index < -0.39 is 21.2 Å². The Morgan fingerprint density at radius 2 is 1.94 bits per heavy atom. The highest BCUT2D eigenvalue weighted by Gasteiger charge is 2.28. The average Bonchev–Trinajstić information content (AvgIpc) is 2.37. The molecule has 18 heavy (non-hydrogen) atoms. The molecule has 1 aromatic carbocycles. The van der Waals surface area contributed by atoms with E-state index in [0.717, 1.165) is 7.11 Å². The maximum Gasteiger partial charge on any atom is 0.325 e. The van der Waals surface area contributed by atoms with Crippen LogP contribution in [-0.4, -0.2) is 26.7 Å². The van der Waals surface area contributed by atoms with Crippen molar-refractivity contribution < 1.29 is 17.9 Å². The highest BCUT2D eigenvalue weighted by Crippen LogP contribution is 2.13. The van der Waals surface area contributed by atoms with Crippen molar-refractivity contribution in [3.63, 3.8) is 0 Å². The normalized spacial score (nSPS) is 12.3. The van der Waals surface area contributed by atoms with Gasteiger partial charge in [-0.3, -0.25) is 9.52 Å². The number of hydrogen-bond acceptors (Lipinski definition) is 5. The summed E-state index contributed by atoms with van der Waals surface area (Å²) in [5, 5.41) is 7.30. The van der Waals surface area contributed by atoms with Crippen LogP contribution in [0.4, 0.5) is 5.69 Å². The van der Waals surface area contributed by atoms with Gasteiger partial charge in [-0.15, -0.1) is 0 Å². The number of nitrogens with one attached hydrogen (secondary N) is 1. The molecule has 1 N–H and O–H groups in total. The molecule has 0 aliphatic carbocycles. The Bertz CT molecular complexity index is 572. The number of rotatable bonds is 4. The van der Waals surface area contributed by atoms with Crippen LogP contribution in [0.25, 0.3) is 0 Å². The predicted molar refractivity (Wildman–Crippen MR) is 65.2 cm³/mol. The molecule has 0 saturated heterocycles. The molecule has 0 aliphatic rings. The van der Waals surface area contributed by atoms with Crippen LogP contribution in [0, 0.1) is 11.3 Å². The Labute approximate surface area is 105 Å². The van der Waals surface area contributed by atoms with Crippen molar-refractivity contribution in [1.29, 1.82) is 5.26 Å². The number of sulfonamides is 1. The van der Waals surface area contributed by atoms with Crippen LogP contribution in [-0.2, 0) is 19.6 Å². The third kappa shape index (κ3) is 3.21. The van der Waals surface area contributed by atoms with E-state index in [4.69, 9.17) is 5.26 Å². The van der Waals surface area contributed by atoms with Crippen LogP contribution in [0.15, 0.2) is 24.3 Å². The number of anilines is 1. The summed E-state index contributed by atoms with van der Waals surface area (Å²) >= 11 is 0. The quantitative estimate of drug-likeness (QED) is 0.817. The number of nitrogens with zero attached hydrogens (tertiary/aromatic N) is 1. The maximum absolute atomic E-state index is 11.8. The molecule has 1 rings (SSSR count). The third-order valence-electron chi connectivity index (χ3n) is 2.27. The van der Waals surface area contributed by atoms with Crippen LogP contribution < -0.4 is 4.72 Å². The van der Waals surface area contributed by atoms with Gasteiger partial charge in [-0.25, -0.2) is 8.42 Å². The fourth-order valence-corrected chi connectivity index (χ4v) is 2.15. The first-order valence-electron chi connectivity index (χ1n) is 5.00. The van der Waals surface area contributed by atoms with Crippen LogP contribution >= 0.6 is 0 Å². The topological polar surface area (TPSA) is 96.3 Å². The van der Waals surface area contributed by atoms with E-state index in [1.165, 1.54) is 31.2 Å². The summed E-state index contributed by atoms with van der Waals surface area (Å²) in [6, 6.07) is 7.75. The molecule has 1 aromatic rings. The number of methoxy groups -OCH3 is 1. The van der Waals surface area contributed by atoms with Crippen LogP contribution in [0.3, 0.4) is 0 Å². The molecule has 6 nitrogen and oxygen atoms in total. The Hall–Kier alpha value is -2.07. The summed E-state index contributed by atoms with van der Waals surface area (Å²) < 4.78 is 30.2. The number of hydrogen-bond donors (Lipinski definition) is 1. The zero-order valence-electron chi connectivity index (χ0n) is 9.88. The van der Waals surface area contributed by atoms with Gasteiger partial charge in [-0.05, 0) is 31.2 Å². The largest absolute Gasteiger partial charge is 0.468 e.